The zero-order valence-corrected chi connectivity index (χ0v) is 9.24. The highest BCUT2D eigenvalue weighted by molar-refractivity contribution is 14.3. The Labute approximate surface area is 76.8 Å². The van der Waals surface area contributed by atoms with E-state index in [4.69, 9.17) is 11.6 Å². The quantitative estimate of drug-likeness (QED) is 0.411. The van der Waals surface area contributed by atoms with Crippen molar-refractivity contribution < 1.29 is 0 Å². The molecule has 0 heterocycles. The lowest BCUT2D eigenvalue weighted by molar-refractivity contribution is 2.20. The summed E-state index contributed by atoms with van der Waals surface area (Å²) in [6.45, 7) is 0. The van der Waals surface area contributed by atoms with Gasteiger partial charge in [-0.3, -0.25) is 0 Å². The Hall–Kier alpha value is 2.48. The van der Waals surface area contributed by atoms with Crippen molar-refractivity contribution in [2.45, 2.75) is -1.11 Å². The van der Waals surface area contributed by atoms with Crippen LogP contribution in [0.15, 0.2) is 0 Å². The minimum absolute atomic E-state index is 0.118. The number of hydrogen-bond donors (Lipinski definition) is 0. The Bertz CT molecular complexity index is 22.4. The topological polar surface area (TPSA) is 0 Å². The monoisotopic (exact) mass is 428 g/mol. The smallest absolute Gasteiger partial charge is 0.0842 e. The number of hydrogen-bond acceptors (Lipinski definition) is 0. The van der Waals surface area contributed by atoms with Crippen LogP contribution in [0.2, 0.25) is 0 Å². The maximum atomic E-state index is 5.49. The van der Waals surface area contributed by atoms with Gasteiger partial charge in [-0.2, -0.15) is 0 Å². The molecule has 0 radical (unpaired) electrons. The second-order valence-electron chi connectivity index (χ2n) is 0.429. The lowest BCUT2D eigenvalue weighted by Crippen LogP contribution is -1.75. The van der Waals surface area contributed by atoms with Crippen LogP contribution in [0.3, 0.4) is 0 Å². The molecule has 0 aromatic rings. The summed E-state index contributed by atoms with van der Waals surface area (Å²) in [5, 5.41) is 0. The van der Waals surface area contributed by atoms with Crippen molar-refractivity contribution in [3.05, 3.63) is 0 Å². The summed E-state index contributed by atoms with van der Waals surface area (Å²) in [5.41, 5.74) is 0. The lowest BCUT2D eigenvalue weighted by Gasteiger charge is -1.93. The van der Waals surface area contributed by atoms with Crippen LogP contribution in [-0.2, 0) is 0 Å². The highest BCUT2D eigenvalue weighted by Gasteiger charge is 2.08. The van der Waals surface area contributed by atoms with Gasteiger partial charge in [0.15, 0.2) is -1.11 Å². The molecule has 0 spiro atoms. The molecule has 5 heavy (non-hydrogen) atoms. The first-order valence-electron chi connectivity index (χ1n) is 0.756. The molecular formula is CClI3. The molecule has 0 nitrogen and oxygen atoms in total. The molecule has 32 valence electrons. The predicted molar refractivity (Wildman–Crippen MR) is 50.6 cm³/mol. The molecule has 4 heteroatoms. The van der Waals surface area contributed by atoms with Crippen LogP contribution in [0.5, 0.6) is 0 Å². The Morgan fingerprint density at radius 2 is 1.20 bits per heavy atom. The van der Waals surface area contributed by atoms with Crippen LogP contribution in [-0.4, -0.2) is -1.11 Å². The van der Waals surface area contributed by atoms with E-state index in [-0.39, 0.29) is -1.11 Å². The first-order chi connectivity index (χ1) is 2.00. The molecule has 0 atom stereocenters. The minimum Gasteiger partial charge on any atom is -0.0842 e. The van der Waals surface area contributed by atoms with E-state index in [9.17, 15) is 0 Å². The van der Waals surface area contributed by atoms with Gasteiger partial charge in [0.05, 0.1) is 0 Å². The summed E-state index contributed by atoms with van der Waals surface area (Å²) in [6.07, 6.45) is 0. The van der Waals surface area contributed by atoms with E-state index in [1.54, 1.807) is 0 Å². The summed E-state index contributed by atoms with van der Waals surface area (Å²) >= 11 is 11.8. The molecule has 0 aliphatic heterocycles. The van der Waals surface area contributed by atoms with Gasteiger partial charge in [-0.1, -0.05) is 11.6 Å². The molecule has 0 aliphatic rings. The zero-order valence-electron chi connectivity index (χ0n) is 2.01. The van der Waals surface area contributed by atoms with E-state index in [1.807, 2.05) is 0 Å². The second-order valence-corrected chi connectivity index (χ2v) is 14.0. The molecule has 0 rings (SSSR count). The van der Waals surface area contributed by atoms with Crippen LogP contribution in [0, 0.1) is 0 Å². The lowest BCUT2D eigenvalue weighted by atomic mass is 11.9. The number of alkyl halides is 4. The molecule has 0 fully saturated rings. The van der Waals surface area contributed by atoms with E-state index in [1.165, 1.54) is 0 Å². The predicted octanol–water partition coefficient (Wildman–Crippen LogP) is 3.14. The maximum Gasteiger partial charge on any atom is 0.195 e. The van der Waals surface area contributed by atoms with Crippen molar-refractivity contribution >= 4 is 79.4 Å². The van der Waals surface area contributed by atoms with Gasteiger partial charge < -0.3 is 0 Å². The van der Waals surface area contributed by atoms with Gasteiger partial charge in [-0.05, 0) is 67.8 Å². The second kappa shape index (κ2) is 2.71. The van der Waals surface area contributed by atoms with Crippen LogP contribution in [0.1, 0.15) is 0 Å². The van der Waals surface area contributed by atoms with Gasteiger partial charge >= 0.3 is 0 Å². The van der Waals surface area contributed by atoms with Gasteiger partial charge in [0.1, 0.15) is 0 Å². The van der Waals surface area contributed by atoms with E-state index in [0.29, 0.717) is 0 Å². The van der Waals surface area contributed by atoms with E-state index in [2.05, 4.69) is 67.8 Å². The average molecular weight is 428 g/mol. The zero-order chi connectivity index (χ0) is 4.50. The van der Waals surface area contributed by atoms with E-state index >= 15 is 0 Å². The first kappa shape index (κ1) is 7.48. The van der Waals surface area contributed by atoms with Crippen molar-refractivity contribution in [3.63, 3.8) is 0 Å². The van der Waals surface area contributed by atoms with Crippen molar-refractivity contribution in [1.82, 2.24) is 0 Å². The van der Waals surface area contributed by atoms with Crippen molar-refractivity contribution in [1.29, 1.82) is 0 Å². The summed E-state index contributed by atoms with van der Waals surface area (Å²) in [6, 6.07) is 0. The molecule has 0 aromatic carbocycles. The van der Waals surface area contributed by atoms with E-state index in [0.717, 1.165) is 0 Å². The van der Waals surface area contributed by atoms with E-state index < -0.39 is 0 Å². The van der Waals surface area contributed by atoms with Gasteiger partial charge in [0.25, 0.3) is 0 Å². The summed E-state index contributed by atoms with van der Waals surface area (Å²) in [5.74, 6) is 0. The van der Waals surface area contributed by atoms with Gasteiger partial charge in [-0.15, -0.1) is 0 Å². The molecule has 0 unspecified atom stereocenters. The fourth-order valence-electron chi connectivity index (χ4n) is 0. The summed E-state index contributed by atoms with van der Waals surface area (Å²) in [7, 11) is 0. The normalized spacial score (nSPS) is 12.0. The number of rotatable bonds is 0. The van der Waals surface area contributed by atoms with Crippen LogP contribution in [0.4, 0.5) is 0 Å². The number of halogens is 4. The maximum absolute atomic E-state index is 5.49. The summed E-state index contributed by atoms with van der Waals surface area (Å²) < 4.78 is -0.118. The molecule has 0 bridgehead atoms. The van der Waals surface area contributed by atoms with Crippen LogP contribution < -0.4 is 0 Å². The Kier molecular flexibility index (Phi) is 4.05. The van der Waals surface area contributed by atoms with Crippen LogP contribution in [0.25, 0.3) is 0 Å². The SMILES string of the molecule is ClC(I)(I)I. The third kappa shape index (κ3) is 21.1. The third-order valence-corrected chi connectivity index (χ3v) is 0. The van der Waals surface area contributed by atoms with Crippen LogP contribution >= 0.6 is 79.4 Å². The molecule has 0 saturated carbocycles. The Morgan fingerprint density at radius 3 is 1.20 bits per heavy atom. The van der Waals surface area contributed by atoms with Crippen molar-refractivity contribution in [3.8, 4) is 0 Å². The largest absolute Gasteiger partial charge is 0.195 e. The fraction of sp³-hybridized carbons (Fsp3) is 1.00. The highest BCUT2D eigenvalue weighted by Crippen LogP contribution is 2.39. The molecule has 0 saturated heterocycles. The molecule has 0 aliphatic carbocycles. The highest BCUT2D eigenvalue weighted by atomic mass is 127. The Balaban J connectivity index is 3.02. The average Bonchev–Trinajstić information content (AvgIpc) is 0.722. The summed E-state index contributed by atoms with van der Waals surface area (Å²) in [4.78, 5) is 0. The molecule has 0 N–H and O–H groups in total. The minimum atomic E-state index is -0.118. The van der Waals surface area contributed by atoms with Crippen molar-refractivity contribution in [2.24, 2.45) is 0 Å². The van der Waals surface area contributed by atoms with Gasteiger partial charge in [0, 0.05) is 0 Å². The third-order valence-electron chi connectivity index (χ3n) is 0. The molecule has 0 amide bonds. The van der Waals surface area contributed by atoms with Gasteiger partial charge in [-0.25, -0.2) is 0 Å². The first-order valence-corrected chi connectivity index (χ1v) is 4.37. The molecule has 0 aromatic heterocycles. The van der Waals surface area contributed by atoms with Gasteiger partial charge in [0.2, 0.25) is 0 Å². The Morgan fingerprint density at radius 1 is 1.20 bits per heavy atom. The standard InChI is InChI=1S/CClI3/c2-1(3,4)5. The fourth-order valence-corrected chi connectivity index (χ4v) is 0. The molecular weight excluding hydrogens is 428 g/mol. The van der Waals surface area contributed by atoms with Crippen molar-refractivity contribution in [2.75, 3.05) is 0 Å².